The molecular weight excluding hydrogens is 443 g/mol. The first-order valence-electron chi connectivity index (χ1n) is 5.57. The van der Waals surface area contributed by atoms with Gasteiger partial charge in [0.15, 0.2) is 0 Å². The van der Waals surface area contributed by atoms with E-state index in [-0.39, 0.29) is 5.02 Å². The molecule has 5 heteroatoms. The Bertz CT molecular complexity index is 633. The van der Waals surface area contributed by atoms with Gasteiger partial charge in [-0.05, 0) is 62.6 Å². The van der Waals surface area contributed by atoms with E-state index < -0.39 is 11.9 Å². The Labute approximate surface area is 138 Å². The Kier molecular flexibility index (Phi) is 4.87. The normalized spacial score (nSPS) is 12.5. The molecule has 2 N–H and O–H groups in total. The molecule has 0 heterocycles. The number of hydrogen-bond donors (Lipinski definition) is 1. The van der Waals surface area contributed by atoms with Crippen molar-refractivity contribution in [3.63, 3.8) is 0 Å². The Balaban J connectivity index is 2.53. The topological polar surface area (TPSA) is 26.0 Å². The predicted molar refractivity (Wildman–Crippen MR) is 89.0 cm³/mol. The lowest BCUT2D eigenvalue weighted by atomic mass is 9.98. The predicted octanol–water partition coefficient (Wildman–Crippen LogP) is 5.20. The summed E-state index contributed by atoms with van der Waals surface area (Å²) in [7, 11) is 0. The van der Waals surface area contributed by atoms with Gasteiger partial charge < -0.3 is 5.73 Å². The van der Waals surface area contributed by atoms with Crippen molar-refractivity contribution in [3.05, 3.63) is 65.9 Å². The number of rotatable bonds is 2. The van der Waals surface area contributed by atoms with Crippen molar-refractivity contribution in [2.75, 3.05) is 0 Å². The molecule has 1 unspecified atom stereocenters. The average Bonchev–Trinajstić information content (AvgIpc) is 2.39. The van der Waals surface area contributed by atoms with Crippen molar-refractivity contribution in [1.82, 2.24) is 0 Å². The molecule has 0 aromatic heterocycles. The Morgan fingerprint density at radius 3 is 2.63 bits per heavy atom. The summed E-state index contributed by atoms with van der Waals surface area (Å²) in [4.78, 5) is 0. The molecule has 0 aliphatic carbocycles. The van der Waals surface area contributed by atoms with E-state index in [2.05, 4.69) is 38.5 Å². The van der Waals surface area contributed by atoms with Crippen molar-refractivity contribution >= 4 is 50.1 Å². The van der Waals surface area contributed by atoms with E-state index in [1.165, 1.54) is 0 Å². The third kappa shape index (κ3) is 2.96. The lowest BCUT2D eigenvalue weighted by molar-refractivity contribution is 0.599. The highest BCUT2D eigenvalue weighted by atomic mass is 127. The molecule has 2 aromatic carbocycles. The van der Waals surface area contributed by atoms with Crippen LogP contribution in [0.1, 0.15) is 22.7 Å². The van der Waals surface area contributed by atoms with Crippen LogP contribution in [0.5, 0.6) is 0 Å². The second-order valence-electron chi connectivity index (χ2n) is 4.22. The van der Waals surface area contributed by atoms with E-state index in [1.54, 1.807) is 12.1 Å². The van der Waals surface area contributed by atoms with Gasteiger partial charge in [-0.1, -0.05) is 35.9 Å². The first-order valence-corrected chi connectivity index (χ1v) is 7.82. The van der Waals surface area contributed by atoms with E-state index in [0.717, 1.165) is 14.7 Å². The van der Waals surface area contributed by atoms with Gasteiger partial charge in [0.1, 0.15) is 5.82 Å². The number of aryl methyl sites for hydroxylation is 1. The summed E-state index contributed by atoms with van der Waals surface area (Å²) in [6, 6.07) is 8.68. The molecule has 1 atom stereocenters. The minimum atomic E-state index is -0.530. The Morgan fingerprint density at radius 1 is 1.26 bits per heavy atom. The third-order valence-electron chi connectivity index (χ3n) is 2.96. The van der Waals surface area contributed by atoms with E-state index >= 15 is 0 Å². The van der Waals surface area contributed by atoms with Crippen LogP contribution in [0.2, 0.25) is 5.02 Å². The standard InChI is InChI=1S/C14H11BrClFIN/c1-7-3-2-4-9(13(7)18)14(19)8-5-6-10(15)11(16)12(8)17/h2-6,14H,19H2,1H3. The van der Waals surface area contributed by atoms with Gasteiger partial charge in [-0.2, -0.15) is 0 Å². The van der Waals surface area contributed by atoms with Gasteiger partial charge in [-0.25, -0.2) is 4.39 Å². The summed E-state index contributed by atoms with van der Waals surface area (Å²) in [5, 5.41) is 0.0654. The number of nitrogens with two attached hydrogens (primary N) is 1. The summed E-state index contributed by atoms with van der Waals surface area (Å²) in [6.45, 7) is 2.00. The maximum atomic E-state index is 14.2. The number of benzene rings is 2. The fourth-order valence-corrected chi connectivity index (χ4v) is 3.03. The quantitative estimate of drug-likeness (QED) is 0.490. The molecule has 0 aliphatic heterocycles. The third-order valence-corrected chi connectivity index (χ3v) is 5.69. The first-order chi connectivity index (χ1) is 8.93. The molecule has 100 valence electrons. The molecule has 0 saturated carbocycles. The molecule has 2 rings (SSSR count). The smallest absolute Gasteiger partial charge is 0.148 e. The van der Waals surface area contributed by atoms with Gasteiger partial charge in [-0.15, -0.1) is 0 Å². The van der Waals surface area contributed by atoms with Crippen LogP contribution in [0.15, 0.2) is 34.8 Å². The molecule has 0 spiro atoms. The number of halogens is 4. The van der Waals surface area contributed by atoms with Gasteiger partial charge in [0.2, 0.25) is 0 Å². The van der Waals surface area contributed by atoms with Crippen LogP contribution in [0, 0.1) is 16.3 Å². The Hall–Kier alpha value is -0.170. The highest BCUT2D eigenvalue weighted by Gasteiger charge is 2.19. The fraction of sp³-hybridized carbons (Fsp3) is 0.143. The summed E-state index contributed by atoms with van der Waals surface area (Å²) >= 11 is 11.3. The molecule has 0 aliphatic rings. The van der Waals surface area contributed by atoms with Crippen molar-refractivity contribution in [1.29, 1.82) is 0 Å². The summed E-state index contributed by atoms with van der Waals surface area (Å²) in [5.74, 6) is -0.471. The van der Waals surface area contributed by atoms with Crippen molar-refractivity contribution in [2.45, 2.75) is 13.0 Å². The second-order valence-corrected chi connectivity index (χ2v) is 6.53. The first kappa shape index (κ1) is 15.2. The molecule has 1 nitrogen and oxygen atoms in total. The van der Waals surface area contributed by atoms with Crippen LogP contribution < -0.4 is 5.73 Å². The van der Waals surface area contributed by atoms with Crippen LogP contribution in [-0.4, -0.2) is 0 Å². The van der Waals surface area contributed by atoms with Crippen molar-refractivity contribution in [3.8, 4) is 0 Å². The maximum Gasteiger partial charge on any atom is 0.148 e. The van der Waals surface area contributed by atoms with Crippen LogP contribution in [0.4, 0.5) is 4.39 Å². The molecule has 0 saturated heterocycles. The monoisotopic (exact) mass is 453 g/mol. The SMILES string of the molecule is Cc1cccc(C(N)c2ccc(Br)c(Cl)c2F)c1I. The zero-order valence-electron chi connectivity index (χ0n) is 10.1. The molecule has 0 fully saturated rings. The van der Waals surface area contributed by atoms with Crippen molar-refractivity contribution in [2.24, 2.45) is 5.73 Å². The van der Waals surface area contributed by atoms with Gasteiger partial charge in [0.05, 0.1) is 11.1 Å². The molecule has 0 bridgehead atoms. The molecule has 0 amide bonds. The fourth-order valence-electron chi connectivity index (χ4n) is 1.86. The van der Waals surface area contributed by atoms with E-state index in [0.29, 0.717) is 10.0 Å². The summed E-state index contributed by atoms with van der Waals surface area (Å²) in [6.07, 6.45) is 0. The largest absolute Gasteiger partial charge is 0.320 e. The molecular formula is C14H11BrClFIN. The minimum Gasteiger partial charge on any atom is -0.320 e. The zero-order valence-corrected chi connectivity index (χ0v) is 14.6. The average molecular weight is 455 g/mol. The highest BCUT2D eigenvalue weighted by Crippen LogP contribution is 2.33. The van der Waals surface area contributed by atoms with Gasteiger partial charge in [0.25, 0.3) is 0 Å². The molecule has 19 heavy (non-hydrogen) atoms. The van der Waals surface area contributed by atoms with Gasteiger partial charge in [-0.3, -0.25) is 0 Å². The van der Waals surface area contributed by atoms with E-state index in [9.17, 15) is 4.39 Å². The maximum absolute atomic E-state index is 14.2. The summed E-state index contributed by atoms with van der Waals surface area (Å²) in [5.41, 5.74) is 8.61. The second kappa shape index (κ2) is 6.08. The highest BCUT2D eigenvalue weighted by molar-refractivity contribution is 14.1. The Morgan fingerprint density at radius 2 is 1.95 bits per heavy atom. The number of hydrogen-bond acceptors (Lipinski definition) is 1. The lowest BCUT2D eigenvalue weighted by Crippen LogP contribution is -2.15. The van der Waals surface area contributed by atoms with E-state index in [4.69, 9.17) is 17.3 Å². The van der Waals surface area contributed by atoms with Crippen LogP contribution in [0.25, 0.3) is 0 Å². The van der Waals surface area contributed by atoms with Gasteiger partial charge in [0, 0.05) is 13.6 Å². The minimum absolute atomic E-state index is 0.0654. The summed E-state index contributed by atoms with van der Waals surface area (Å²) < 4.78 is 15.8. The lowest BCUT2D eigenvalue weighted by Gasteiger charge is -2.17. The van der Waals surface area contributed by atoms with Crippen LogP contribution in [0.3, 0.4) is 0 Å². The van der Waals surface area contributed by atoms with Crippen LogP contribution >= 0.6 is 50.1 Å². The van der Waals surface area contributed by atoms with Gasteiger partial charge >= 0.3 is 0 Å². The molecule has 0 radical (unpaired) electrons. The van der Waals surface area contributed by atoms with Crippen molar-refractivity contribution < 1.29 is 4.39 Å². The zero-order chi connectivity index (χ0) is 14.2. The van der Waals surface area contributed by atoms with Crippen LogP contribution in [-0.2, 0) is 0 Å². The molecule has 2 aromatic rings. The van der Waals surface area contributed by atoms with E-state index in [1.807, 2.05) is 25.1 Å².